The highest BCUT2D eigenvalue weighted by Gasteiger charge is 2.17. The highest BCUT2D eigenvalue weighted by molar-refractivity contribution is 6.03. The van der Waals surface area contributed by atoms with Crippen molar-refractivity contribution in [2.45, 2.75) is 0 Å². The number of aromatic carboxylic acids is 1. The molecule has 0 spiro atoms. The molecule has 116 valence electrons. The Hall–Kier alpha value is -2.70. The first-order chi connectivity index (χ1) is 10.6. The number of hydrogen-bond acceptors (Lipinski definition) is 5. The van der Waals surface area contributed by atoms with Crippen LogP contribution in [0.25, 0.3) is 0 Å². The van der Waals surface area contributed by atoms with Crippen LogP contribution in [0.3, 0.4) is 0 Å². The fraction of sp³-hybridized carbons (Fsp3) is 0.125. The van der Waals surface area contributed by atoms with Crippen LogP contribution in [0.4, 0.5) is 0 Å². The number of ether oxygens (including phenoxy) is 1. The second kappa shape index (κ2) is 9.28. The van der Waals surface area contributed by atoms with Crippen LogP contribution in [0, 0.1) is 0 Å². The molecular weight excluding hydrogens is 288 g/mol. The molecule has 3 N–H and O–H groups in total. The van der Waals surface area contributed by atoms with E-state index in [0.717, 1.165) is 0 Å². The van der Waals surface area contributed by atoms with Gasteiger partial charge in [0.2, 0.25) is 0 Å². The summed E-state index contributed by atoms with van der Waals surface area (Å²) in [6.07, 6.45) is 0. The third kappa shape index (κ3) is 5.35. The van der Waals surface area contributed by atoms with Crippen LogP contribution in [-0.4, -0.2) is 40.5 Å². The average Bonchev–Trinajstić information content (AvgIpc) is 2.56. The predicted molar refractivity (Wildman–Crippen MR) is 79.0 cm³/mol. The molecule has 0 heterocycles. The topological polar surface area (TPSA) is 104 Å². The van der Waals surface area contributed by atoms with Gasteiger partial charge in [-0.2, -0.15) is 0 Å². The Bertz CT molecular complexity index is 607. The Morgan fingerprint density at radius 1 is 0.818 bits per heavy atom. The normalized spacial score (nSPS) is 9.36. The molecule has 6 heteroatoms. The number of para-hydroxylation sites is 1. The fourth-order valence-electron chi connectivity index (χ4n) is 1.50. The van der Waals surface area contributed by atoms with Gasteiger partial charge in [0, 0.05) is 0 Å². The maximum absolute atomic E-state index is 11.9. The molecule has 0 unspecified atom stereocenters. The van der Waals surface area contributed by atoms with Crippen LogP contribution < -0.4 is 4.74 Å². The monoisotopic (exact) mass is 304 g/mol. The second-order valence-electron chi connectivity index (χ2n) is 4.00. The molecule has 0 atom stereocenters. The lowest BCUT2D eigenvalue weighted by atomic mass is 10.1. The zero-order chi connectivity index (χ0) is 16.4. The van der Waals surface area contributed by atoms with Crippen molar-refractivity contribution < 1.29 is 29.6 Å². The molecule has 0 amide bonds. The third-order valence-electron chi connectivity index (χ3n) is 2.43. The number of carbonyl (C=O) groups is 2. The number of aliphatic hydroxyl groups excluding tert-OH is 2. The molecule has 0 aliphatic carbocycles. The van der Waals surface area contributed by atoms with Crippen molar-refractivity contribution in [2.24, 2.45) is 0 Å². The van der Waals surface area contributed by atoms with E-state index < -0.39 is 11.9 Å². The summed E-state index contributed by atoms with van der Waals surface area (Å²) in [5.74, 6) is -1.46. The van der Waals surface area contributed by atoms with Gasteiger partial charge in [-0.25, -0.2) is 9.59 Å². The maximum atomic E-state index is 11.9. The molecule has 22 heavy (non-hydrogen) atoms. The van der Waals surface area contributed by atoms with Gasteiger partial charge in [-0.15, -0.1) is 0 Å². The van der Waals surface area contributed by atoms with Crippen molar-refractivity contribution in [1.29, 1.82) is 0 Å². The Morgan fingerprint density at radius 3 is 1.82 bits per heavy atom. The molecule has 0 saturated carbocycles. The molecule has 2 rings (SSSR count). The number of carboxylic acid groups (broad SMARTS) is 1. The van der Waals surface area contributed by atoms with Crippen molar-refractivity contribution in [3.63, 3.8) is 0 Å². The summed E-state index contributed by atoms with van der Waals surface area (Å²) in [5, 5.41) is 24.2. The quantitative estimate of drug-likeness (QED) is 0.585. The van der Waals surface area contributed by atoms with Crippen LogP contribution >= 0.6 is 0 Å². The molecule has 2 aromatic carbocycles. The number of benzene rings is 2. The minimum absolute atomic E-state index is 0.0360. The van der Waals surface area contributed by atoms with E-state index in [-0.39, 0.29) is 24.3 Å². The molecular formula is C16H16O6. The Kier molecular flexibility index (Phi) is 7.32. The minimum Gasteiger partial charge on any atom is -0.478 e. The van der Waals surface area contributed by atoms with Crippen molar-refractivity contribution >= 4 is 11.9 Å². The zero-order valence-electron chi connectivity index (χ0n) is 11.7. The van der Waals surface area contributed by atoms with Gasteiger partial charge in [0.1, 0.15) is 5.75 Å². The van der Waals surface area contributed by atoms with Gasteiger partial charge >= 0.3 is 11.9 Å². The van der Waals surface area contributed by atoms with Crippen molar-refractivity contribution in [2.75, 3.05) is 13.2 Å². The standard InChI is InChI=1S/C14H10O4.C2H6O2/c15-13(16)11-8-4-5-9-12(11)14(17)18-10-6-2-1-3-7-10;3-1-2-4/h1-9H,(H,15,16);3-4H,1-2H2. The Balaban J connectivity index is 0.000000541. The molecule has 6 nitrogen and oxygen atoms in total. The van der Waals surface area contributed by atoms with Gasteiger partial charge in [-0.3, -0.25) is 0 Å². The van der Waals surface area contributed by atoms with Crippen LogP contribution in [-0.2, 0) is 0 Å². The van der Waals surface area contributed by atoms with Gasteiger partial charge in [0.25, 0.3) is 0 Å². The molecule has 0 saturated heterocycles. The van der Waals surface area contributed by atoms with Gasteiger partial charge in [0.05, 0.1) is 24.3 Å². The van der Waals surface area contributed by atoms with Crippen LogP contribution in [0.2, 0.25) is 0 Å². The number of carboxylic acids is 1. The highest BCUT2D eigenvalue weighted by Crippen LogP contribution is 2.14. The zero-order valence-corrected chi connectivity index (χ0v) is 11.7. The van der Waals surface area contributed by atoms with E-state index in [1.54, 1.807) is 42.5 Å². The number of hydrogen-bond donors (Lipinski definition) is 3. The second-order valence-corrected chi connectivity index (χ2v) is 4.00. The third-order valence-corrected chi connectivity index (χ3v) is 2.43. The minimum atomic E-state index is -1.16. The SMILES string of the molecule is O=C(O)c1ccccc1C(=O)Oc1ccccc1.OCCO. The average molecular weight is 304 g/mol. The van der Waals surface area contributed by atoms with Crippen molar-refractivity contribution in [1.82, 2.24) is 0 Å². The van der Waals surface area contributed by atoms with Gasteiger partial charge in [-0.05, 0) is 24.3 Å². The van der Waals surface area contributed by atoms with Crippen LogP contribution in [0.15, 0.2) is 54.6 Å². The first kappa shape index (κ1) is 17.4. The van der Waals surface area contributed by atoms with Crippen LogP contribution in [0.5, 0.6) is 5.75 Å². The molecule has 0 aliphatic heterocycles. The van der Waals surface area contributed by atoms with Gasteiger partial charge in [-0.1, -0.05) is 30.3 Å². The maximum Gasteiger partial charge on any atom is 0.344 e. The van der Waals surface area contributed by atoms with Crippen molar-refractivity contribution in [3.05, 3.63) is 65.7 Å². The van der Waals surface area contributed by atoms with Gasteiger partial charge < -0.3 is 20.1 Å². The van der Waals surface area contributed by atoms with Crippen LogP contribution in [0.1, 0.15) is 20.7 Å². The Morgan fingerprint density at radius 2 is 1.32 bits per heavy atom. The summed E-state index contributed by atoms with van der Waals surface area (Å²) in [6, 6.07) is 14.4. The lowest BCUT2D eigenvalue weighted by Crippen LogP contribution is -2.13. The largest absolute Gasteiger partial charge is 0.478 e. The number of carbonyl (C=O) groups excluding carboxylic acids is 1. The summed E-state index contributed by atoms with van der Waals surface area (Å²) in [4.78, 5) is 22.8. The summed E-state index contributed by atoms with van der Waals surface area (Å²) < 4.78 is 5.09. The van der Waals surface area contributed by atoms with E-state index in [2.05, 4.69) is 0 Å². The molecule has 0 fully saturated rings. The van der Waals surface area contributed by atoms with E-state index >= 15 is 0 Å². The number of esters is 1. The molecule has 0 radical (unpaired) electrons. The van der Waals surface area contributed by atoms with E-state index in [4.69, 9.17) is 20.1 Å². The number of aliphatic hydroxyl groups is 2. The first-order valence-corrected chi connectivity index (χ1v) is 6.41. The lowest BCUT2D eigenvalue weighted by molar-refractivity contribution is 0.0668. The van der Waals surface area contributed by atoms with E-state index in [0.29, 0.717) is 5.75 Å². The van der Waals surface area contributed by atoms with E-state index in [1.165, 1.54) is 12.1 Å². The summed E-state index contributed by atoms with van der Waals surface area (Å²) >= 11 is 0. The number of rotatable bonds is 4. The van der Waals surface area contributed by atoms with Gasteiger partial charge in [0.15, 0.2) is 0 Å². The van der Waals surface area contributed by atoms with E-state index in [9.17, 15) is 9.59 Å². The predicted octanol–water partition coefficient (Wildman–Crippen LogP) is 1.57. The summed E-state index contributed by atoms with van der Waals surface area (Å²) in [6.45, 7) is -0.250. The fourth-order valence-corrected chi connectivity index (χ4v) is 1.50. The molecule has 0 aliphatic rings. The Labute approximate surface area is 127 Å². The first-order valence-electron chi connectivity index (χ1n) is 6.41. The summed E-state index contributed by atoms with van der Waals surface area (Å²) in [5.41, 5.74) is -0.0349. The smallest absolute Gasteiger partial charge is 0.344 e. The molecule has 0 bridgehead atoms. The molecule has 2 aromatic rings. The summed E-state index contributed by atoms with van der Waals surface area (Å²) in [7, 11) is 0. The molecule has 0 aromatic heterocycles. The highest BCUT2D eigenvalue weighted by atomic mass is 16.5. The van der Waals surface area contributed by atoms with Crippen molar-refractivity contribution in [3.8, 4) is 5.75 Å². The van der Waals surface area contributed by atoms with E-state index in [1.807, 2.05) is 0 Å². The lowest BCUT2D eigenvalue weighted by Gasteiger charge is -2.06.